The minimum absolute atomic E-state index is 0.0876. The Morgan fingerprint density at radius 1 is 1.23 bits per heavy atom. The number of aromatic amines is 1. The number of nitrogens with zero attached hydrogens (tertiary/aromatic N) is 2. The predicted molar refractivity (Wildman–Crippen MR) is 83.7 cm³/mol. The normalized spacial score (nSPS) is 15.8. The average molecular weight is 297 g/mol. The first kappa shape index (κ1) is 14.5. The number of amides is 1. The van der Waals surface area contributed by atoms with E-state index >= 15 is 0 Å². The van der Waals surface area contributed by atoms with E-state index in [1.807, 2.05) is 42.2 Å². The lowest BCUT2D eigenvalue weighted by molar-refractivity contribution is -0.132. The van der Waals surface area contributed by atoms with Gasteiger partial charge in [-0.25, -0.2) is 4.98 Å². The smallest absolute Gasteiger partial charge is 0.254 e. The Morgan fingerprint density at radius 2 is 1.95 bits per heavy atom. The fourth-order valence-electron chi connectivity index (χ4n) is 2.92. The summed E-state index contributed by atoms with van der Waals surface area (Å²) >= 11 is 0. The van der Waals surface area contributed by atoms with Gasteiger partial charge in [0, 0.05) is 25.1 Å². The van der Waals surface area contributed by atoms with E-state index in [2.05, 4.69) is 9.97 Å². The van der Waals surface area contributed by atoms with Gasteiger partial charge in [-0.1, -0.05) is 30.3 Å². The summed E-state index contributed by atoms with van der Waals surface area (Å²) in [5, 5.41) is 0. The van der Waals surface area contributed by atoms with Gasteiger partial charge in [-0.05, 0) is 18.9 Å². The number of nitrogens with one attached hydrogen (secondary N) is 1. The molecule has 0 saturated heterocycles. The maximum absolute atomic E-state index is 12.7. The van der Waals surface area contributed by atoms with Crippen LogP contribution in [0, 0.1) is 0 Å². The van der Waals surface area contributed by atoms with E-state index in [4.69, 9.17) is 0 Å². The Bertz CT molecular complexity index is 724. The van der Waals surface area contributed by atoms with E-state index in [0.717, 1.165) is 11.3 Å². The standard InChI is InChI=1S/C17H19N3O2/c1-12(13-5-3-2-4-6-13)17(22)20-9-7-14-15(8-10-20)18-11-19-16(14)21/h2-6,11-12H,7-10H2,1H3,(H,18,19,21). The summed E-state index contributed by atoms with van der Waals surface area (Å²) in [7, 11) is 0. The van der Waals surface area contributed by atoms with Crippen LogP contribution in [-0.2, 0) is 17.6 Å². The van der Waals surface area contributed by atoms with Crippen molar-refractivity contribution in [2.45, 2.75) is 25.7 Å². The van der Waals surface area contributed by atoms with Crippen molar-refractivity contribution in [2.75, 3.05) is 13.1 Å². The van der Waals surface area contributed by atoms with Gasteiger partial charge >= 0.3 is 0 Å². The topological polar surface area (TPSA) is 66.1 Å². The molecule has 5 heteroatoms. The van der Waals surface area contributed by atoms with Crippen molar-refractivity contribution in [3.8, 4) is 0 Å². The number of aromatic nitrogens is 2. The Kier molecular flexibility index (Phi) is 4.04. The maximum Gasteiger partial charge on any atom is 0.254 e. The third kappa shape index (κ3) is 2.79. The van der Waals surface area contributed by atoms with Crippen LogP contribution in [-0.4, -0.2) is 33.9 Å². The van der Waals surface area contributed by atoms with Crippen molar-refractivity contribution in [3.63, 3.8) is 0 Å². The SMILES string of the molecule is CC(C(=O)N1CCc2nc[nH]c(=O)c2CC1)c1ccccc1. The molecule has 1 unspecified atom stereocenters. The first-order valence-corrected chi connectivity index (χ1v) is 7.56. The molecule has 0 bridgehead atoms. The number of rotatable bonds is 2. The zero-order chi connectivity index (χ0) is 15.5. The summed E-state index contributed by atoms with van der Waals surface area (Å²) in [5.41, 5.74) is 2.46. The van der Waals surface area contributed by atoms with Gasteiger partial charge < -0.3 is 9.88 Å². The number of benzene rings is 1. The maximum atomic E-state index is 12.7. The molecule has 0 spiro atoms. The molecule has 114 valence electrons. The molecule has 1 aliphatic rings. The number of fused-ring (bicyclic) bond motifs is 1. The number of carbonyl (C=O) groups excluding carboxylic acids is 1. The number of hydrogen-bond acceptors (Lipinski definition) is 3. The zero-order valence-electron chi connectivity index (χ0n) is 12.6. The van der Waals surface area contributed by atoms with E-state index in [1.54, 1.807) is 0 Å². The molecular weight excluding hydrogens is 278 g/mol. The van der Waals surface area contributed by atoms with Crippen LogP contribution >= 0.6 is 0 Å². The molecule has 1 aromatic heterocycles. The van der Waals surface area contributed by atoms with Gasteiger partial charge in [0.15, 0.2) is 0 Å². The Balaban J connectivity index is 1.76. The van der Waals surface area contributed by atoms with Gasteiger partial charge in [0.25, 0.3) is 5.56 Å². The van der Waals surface area contributed by atoms with Crippen LogP contribution in [0.15, 0.2) is 41.5 Å². The molecule has 5 nitrogen and oxygen atoms in total. The largest absolute Gasteiger partial charge is 0.341 e. The first-order valence-electron chi connectivity index (χ1n) is 7.56. The van der Waals surface area contributed by atoms with E-state index in [1.165, 1.54) is 6.33 Å². The number of carbonyl (C=O) groups is 1. The summed E-state index contributed by atoms with van der Waals surface area (Å²) in [6, 6.07) is 9.78. The molecule has 0 saturated carbocycles. The molecule has 22 heavy (non-hydrogen) atoms. The highest BCUT2D eigenvalue weighted by Gasteiger charge is 2.25. The first-order chi connectivity index (χ1) is 10.7. The summed E-state index contributed by atoms with van der Waals surface area (Å²) < 4.78 is 0. The quantitative estimate of drug-likeness (QED) is 0.913. The monoisotopic (exact) mass is 297 g/mol. The van der Waals surface area contributed by atoms with Gasteiger partial charge in [0.2, 0.25) is 5.91 Å². The molecule has 2 aromatic rings. The van der Waals surface area contributed by atoms with Crippen molar-refractivity contribution in [2.24, 2.45) is 0 Å². The molecule has 0 fully saturated rings. The van der Waals surface area contributed by atoms with Crippen LogP contribution < -0.4 is 5.56 Å². The lowest BCUT2D eigenvalue weighted by Gasteiger charge is -2.24. The molecule has 0 aliphatic carbocycles. The number of H-pyrrole nitrogens is 1. The van der Waals surface area contributed by atoms with E-state index in [9.17, 15) is 9.59 Å². The van der Waals surface area contributed by atoms with E-state index in [0.29, 0.717) is 31.5 Å². The highest BCUT2D eigenvalue weighted by Crippen LogP contribution is 2.19. The highest BCUT2D eigenvalue weighted by molar-refractivity contribution is 5.83. The van der Waals surface area contributed by atoms with Gasteiger partial charge in [-0.3, -0.25) is 9.59 Å². The van der Waals surface area contributed by atoms with Crippen LogP contribution in [0.1, 0.15) is 29.7 Å². The molecule has 1 atom stereocenters. The molecule has 1 amide bonds. The van der Waals surface area contributed by atoms with Crippen LogP contribution in [0.4, 0.5) is 0 Å². The summed E-state index contributed by atoms with van der Waals surface area (Å²) in [5.74, 6) is -0.0657. The van der Waals surface area contributed by atoms with Crippen molar-refractivity contribution in [1.29, 1.82) is 0 Å². The van der Waals surface area contributed by atoms with Gasteiger partial charge in [0.05, 0.1) is 17.9 Å². The van der Waals surface area contributed by atoms with Crippen molar-refractivity contribution < 1.29 is 4.79 Å². The fraction of sp³-hybridized carbons (Fsp3) is 0.353. The molecule has 0 radical (unpaired) electrons. The zero-order valence-corrected chi connectivity index (χ0v) is 12.6. The van der Waals surface area contributed by atoms with E-state index < -0.39 is 0 Å². The van der Waals surface area contributed by atoms with Crippen molar-refractivity contribution in [3.05, 3.63) is 63.8 Å². The molecule has 2 heterocycles. The molecule has 1 aromatic carbocycles. The summed E-state index contributed by atoms with van der Waals surface area (Å²) in [6.07, 6.45) is 2.63. The molecule has 1 aliphatic heterocycles. The van der Waals surface area contributed by atoms with Gasteiger partial charge in [0.1, 0.15) is 0 Å². The second-order valence-corrected chi connectivity index (χ2v) is 5.61. The highest BCUT2D eigenvalue weighted by atomic mass is 16.2. The average Bonchev–Trinajstić information content (AvgIpc) is 2.78. The summed E-state index contributed by atoms with van der Waals surface area (Å²) in [4.78, 5) is 33.3. The Hall–Kier alpha value is -2.43. The van der Waals surface area contributed by atoms with Gasteiger partial charge in [-0.2, -0.15) is 0 Å². The Labute approximate surface area is 129 Å². The van der Waals surface area contributed by atoms with Crippen molar-refractivity contribution in [1.82, 2.24) is 14.9 Å². The molecular formula is C17H19N3O2. The minimum atomic E-state index is -0.173. The fourth-order valence-corrected chi connectivity index (χ4v) is 2.92. The van der Waals surface area contributed by atoms with E-state index in [-0.39, 0.29) is 17.4 Å². The summed E-state index contributed by atoms with van der Waals surface area (Å²) in [6.45, 7) is 3.11. The third-order valence-electron chi connectivity index (χ3n) is 4.27. The predicted octanol–water partition coefficient (Wildman–Crippen LogP) is 1.50. The Morgan fingerprint density at radius 3 is 2.73 bits per heavy atom. The second kappa shape index (κ2) is 6.13. The third-order valence-corrected chi connectivity index (χ3v) is 4.27. The lowest BCUT2D eigenvalue weighted by atomic mass is 10.00. The second-order valence-electron chi connectivity index (χ2n) is 5.61. The van der Waals surface area contributed by atoms with Crippen LogP contribution in [0.3, 0.4) is 0 Å². The van der Waals surface area contributed by atoms with Crippen LogP contribution in [0.25, 0.3) is 0 Å². The van der Waals surface area contributed by atoms with Crippen LogP contribution in [0.2, 0.25) is 0 Å². The van der Waals surface area contributed by atoms with Crippen LogP contribution in [0.5, 0.6) is 0 Å². The van der Waals surface area contributed by atoms with Crippen molar-refractivity contribution >= 4 is 5.91 Å². The molecule has 3 rings (SSSR count). The lowest BCUT2D eigenvalue weighted by Crippen LogP contribution is -2.36. The van der Waals surface area contributed by atoms with Gasteiger partial charge in [-0.15, -0.1) is 0 Å². The number of hydrogen-bond donors (Lipinski definition) is 1. The minimum Gasteiger partial charge on any atom is -0.341 e. The molecule has 1 N–H and O–H groups in total.